The van der Waals surface area contributed by atoms with E-state index in [0.717, 1.165) is 5.56 Å². The van der Waals surface area contributed by atoms with Gasteiger partial charge in [-0.1, -0.05) is 23.7 Å². The molecule has 1 aromatic carbocycles. The molecule has 0 atom stereocenters. The molecule has 0 saturated carbocycles. The molecule has 2 aromatic heterocycles. The topological polar surface area (TPSA) is 41.6 Å². The number of benzene rings is 1. The normalized spacial score (nSPS) is 12.0. The quantitative estimate of drug-likeness (QED) is 0.727. The summed E-state index contributed by atoms with van der Waals surface area (Å²) in [4.78, 5) is 9.58. The average molecular weight is 298 g/mol. The lowest BCUT2D eigenvalue weighted by atomic mass is 10.1. The van der Waals surface area contributed by atoms with Gasteiger partial charge in [0.15, 0.2) is 5.65 Å². The summed E-state index contributed by atoms with van der Waals surface area (Å²) in [5.74, 6) is -1.05. The van der Waals surface area contributed by atoms with Gasteiger partial charge in [-0.15, -0.1) is 0 Å². The van der Waals surface area contributed by atoms with E-state index in [1.807, 2.05) is 0 Å². The van der Waals surface area contributed by atoms with Gasteiger partial charge < -0.3 is 4.98 Å². The molecule has 0 aliphatic carbocycles. The van der Waals surface area contributed by atoms with Gasteiger partial charge >= 0.3 is 6.18 Å². The van der Waals surface area contributed by atoms with Crippen LogP contribution in [0.1, 0.15) is 5.82 Å². The zero-order valence-electron chi connectivity index (χ0n) is 9.87. The minimum atomic E-state index is -4.52. The van der Waals surface area contributed by atoms with Crippen molar-refractivity contribution in [1.29, 1.82) is 0 Å². The van der Waals surface area contributed by atoms with Crippen molar-refractivity contribution >= 4 is 22.8 Å². The van der Waals surface area contributed by atoms with E-state index in [1.165, 1.54) is 6.20 Å². The highest BCUT2D eigenvalue weighted by molar-refractivity contribution is 6.30. The Kier molecular flexibility index (Phi) is 2.90. The van der Waals surface area contributed by atoms with Crippen molar-refractivity contribution in [2.75, 3.05) is 0 Å². The van der Waals surface area contributed by atoms with Crippen LogP contribution in [0.4, 0.5) is 13.2 Å². The number of rotatable bonds is 1. The van der Waals surface area contributed by atoms with Gasteiger partial charge in [0.2, 0.25) is 5.82 Å². The zero-order valence-corrected chi connectivity index (χ0v) is 10.6. The van der Waals surface area contributed by atoms with Crippen LogP contribution in [-0.4, -0.2) is 15.0 Å². The van der Waals surface area contributed by atoms with Crippen molar-refractivity contribution in [2.45, 2.75) is 6.18 Å². The van der Waals surface area contributed by atoms with Gasteiger partial charge in [0.25, 0.3) is 0 Å². The van der Waals surface area contributed by atoms with E-state index in [2.05, 4.69) is 15.0 Å². The van der Waals surface area contributed by atoms with E-state index in [9.17, 15) is 13.2 Å². The molecule has 0 aliphatic rings. The van der Waals surface area contributed by atoms with Gasteiger partial charge in [0.1, 0.15) is 0 Å². The van der Waals surface area contributed by atoms with E-state index in [1.54, 1.807) is 30.3 Å². The van der Waals surface area contributed by atoms with Crippen molar-refractivity contribution in [1.82, 2.24) is 15.0 Å². The molecule has 0 spiro atoms. The molecule has 0 aliphatic heterocycles. The maximum Gasteiger partial charge on any atom is 0.449 e. The minimum absolute atomic E-state index is 0.0307. The lowest BCUT2D eigenvalue weighted by Crippen LogP contribution is -2.06. The highest BCUT2D eigenvalue weighted by Gasteiger charge is 2.34. The third-order valence-electron chi connectivity index (χ3n) is 2.76. The molecule has 3 nitrogen and oxygen atoms in total. The molecule has 0 bridgehead atoms. The fraction of sp³-hybridized carbons (Fsp3) is 0.0769. The molecule has 0 fully saturated rings. The molecule has 0 amide bonds. The van der Waals surface area contributed by atoms with Crippen LogP contribution in [0.15, 0.2) is 36.5 Å². The van der Waals surface area contributed by atoms with Crippen LogP contribution in [0, 0.1) is 0 Å². The van der Waals surface area contributed by atoms with Crippen LogP contribution in [0.25, 0.3) is 22.3 Å². The summed E-state index contributed by atoms with van der Waals surface area (Å²) in [6, 6.07) is 8.56. The largest absolute Gasteiger partial charge is 0.449 e. The maximum atomic E-state index is 12.6. The fourth-order valence-corrected chi connectivity index (χ4v) is 2.05. The molecule has 1 N–H and O–H groups in total. The summed E-state index contributed by atoms with van der Waals surface area (Å²) >= 11 is 5.89. The Morgan fingerprint density at radius 2 is 1.90 bits per heavy atom. The standard InChI is InChI=1S/C13H7ClF3N3/c14-9-3-1-2-7(4-9)8-5-10-11(18-6-8)20-12(19-10)13(15,16)17/h1-6H,(H,18,19,20). The molecule has 7 heteroatoms. The summed E-state index contributed by atoms with van der Waals surface area (Å²) in [6.45, 7) is 0. The number of aromatic nitrogens is 3. The number of nitrogens with zero attached hydrogens (tertiary/aromatic N) is 2. The molecular formula is C13H7ClF3N3. The molecule has 3 rings (SSSR count). The molecule has 3 aromatic rings. The maximum absolute atomic E-state index is 12.6. The van der Waals surface area contributed by atoms with E-state index in [0.29, 0.717) is 10.6 Å². The van der Waals surface area contributed by atoms with Crippen molar-refractivity contribution in [3.05, 3.63) is 47.4 Å². The third-order valence-corrected chi connectivity index (χ3v) is 3.00. The number of imidazole rings is 1. The summed E-state index contributed by atoms with van der Waals surface area (Å²) in [6.07, 6.45) is -3.05. The Balaban J connectivity index is 2.11. The molecule has 0 unspecified atom stereocenters. The number of halogens is 4. The number of alkyl halides is 3. The van der Waals surface area contributed by atoms with E-state index in [4.69, 9.17) is 11.6 Å². The summed E-state index contributed by atoms with van der Waals surface area (Å²) in [5.41, 5.74) is 1.70. The summed E-state index contributed by atoms with van der Waals surface area (Å²) in [7, 11) is 0. The zero-order chi connectivity index (χ0) is 14.3. The van der Waals surface area contributed by atoms with Crippen molar-refractivity contribution in [3.8, 4) is 11.1 Å². The van der Waals surface area contributed by atoms with Gasteiger partial charge in [-0.2, -0.15) is 13.2 Å². The van der Waals surface area contributed by atoms with Crippen LogP contribution >= 0.6 is 11.6 Å². The number of pyridine rings is 1. The van der Waals surface area contributed by atoms with Crippen LogP contribution < -0.4 is 0 Å². The van der Waals surface area contributed by atoms with E-state index < -0.39 is 12.0 Å². The minimum Gasteiger partial charge on any atom is -0.333 e. The second-order valence-electron chi connectivity index (χ2n) is 4.19. The van der Waals surface area contributed by atoms with Crippen LogP contribution in [0.2, 0.25) is 5.02 Å². The molecule has 0 radical (unpaired) electrons. The second-order valence-corrected chi connectivity index (χ2v) is 4.63. The monoisotopic (exact) mass is 297 g/mol. The number of H-pyrrole nitrogens is 1. The predicted octanol–water partition coefficient (Wildman–Crippen LogP) is 4.30. The van der Waals surface area contributed by atoms with E-state index in [-0.39, 0.29) is 11.2 Å². The first-order valence-corrected chi connectivity index (χ1v) is 6.00. The summed E-state index contributed by atoms with van der Waals surface area (Å²) < 4.78 is 37.7. The first-order chi connectivity index (χ1) is 9.43. The number of hydrogen-bond donors (Lipinski definition) is 1. The van der Waals surface area contributed by atoms with Gasteiger partial charge in [0.05, 0.1) is 5.52 Å². The molecule has 2 heterocycles. The smallest absolute Gasteiger partial charge is 0.333 e. The average Bonchev–Trinajstić information content (AvgIpc) is 2.81. The van der Waals surface area contributed by atoms with Crippen LogP contribution in [0.3, 0.4) is 0 Å². The Morgan fingerprint density at radius 1 is 1.10 bits per heavy atom. The van der Waals surface area contributed by atoms with Crippen LogP contribution in [-0.2, 0) is 6.18 Å². The number of aromatic amines is 1. The molecule has 20 heavy (non-hydrogen) atoms. The summed E-state index contributed by atoms with van der Waals surface area (Å²) in [5, 5.41) is 0.545. The van der Waals surface area contributed by atoms with Crippen molar-refractivity contribution in [3.63, 3.8) is 0 Å². The molecule has 102 valence electrons. The Labute approximate surface area is 116 Å². The van der Waals surface area contributed by atoms with Crippen LogP contribution in [0.5, 0.6) is 0 Å². The highest BCUT2D eigenvalue weighted by Crippen LogP contribution is 2.29. The van der Waals surface area contributed by atoms with Gasteiger partial charge in [-0.3, -0.25) is 0 Å². The number of hydrogen-bond acceptors (Lipinski definition) is 2. The third kappa shape index (κ3) is 2.34. The number of nitrogens with one attached hydrogen (secondary N) is 1. The van der Waals surface area contributed by atoms with Gasteiger partial charge in [-0.05, 0) is 23.8 Å². The lowest BCUT2D eigenvalue weighted by Gasteiger charge is -2.01. The Bertz CT molecular complexity index is 780. The molecule has 0 saturated heterocycles. The Morgan fingerprint density at radius 3 is 2.60 bits per heavy atom. The first-order valence-electron chi connectivity index (χ1n) is 5.62. The van der Waals surface area contributed by atoms with Crippen molar-refractivity contribution in [2.24, 2.45) is 0 Å². The molecular weight excluding hydrogens is 291 g/mol. The highest BCUT2D eigenvalue weighted by atomic mass is 35.5. The second kappa shape index (κ2) is 4.49. The van der Waals surface area contributed by atoms with Gasteiger partial charge in [0, 0.05) is 16.8 Å². The first kappa shape index (κ1) is 12.9. The predicted molar refractivity (Wildman–Crippen MR) is 69.3 cm³/mol. The lowest BCUT2D eigenvalue weighted by molar-refractivity contribution is -0.144. The van der Waals surface area contributed by atoms with E-state index >= 15 is 0 Å². The van der Waals surface area contributed by atoms with Gasteiger partial charge in [-0.25, -0.2) is 9.97 Å². The van der Waals surface area contributed by atoms with Crippen molar-refractivity contribution < 1.29 is 13.2 Å². The fourth-order valence-electron chi connectivity index (χ4n) is 1.86. The number of fused-ring (bicyclic) bond motifs is 1. The SMILES string of the molecule is FC(F)(F)c1nc2ncc(-c3cccc(Cl)c3)cc2[nH]1. The Hall–Kier alpha value is -2.08.